The molecule has 2 fully saturated rings. The van der Waals surface area contributed by atoms with E-state index in [9.17, 15) is 0 Å². The van der Waals surface area contributed by atoms with E-state index in [4.69, 9.17) is 9.84 Å². The monoisotopic (exact) mass is 332 g/mol. The van der Waals surface area contributed by atoms with Crippen molar-refractivity contribution in [3.05, 3.63) is 24.3 Å². The van der Waals surface area contributed by atoms with Crippen molar-refractivity contribution < 1.29 is 9.84 Å². The van der Waals surface area contributed by atoms with Crippen molar-refractivity contribution in [1.82, 2.24) is 4.90 Å². The van der Waals surface area contributed by atoms with Gasteiger partial charge in [-0.3, -0.25) is 0 Å². The third-order valence-electron chi connectivity index (χ3n) is 5.57. The smallest absolute Gasteiger partial charge is 0.119 e. The largest absolute Gasteiger partial charge is 0.494 e. The van der Waals surface area contributed by atoms with Crippen LogP contribution in [0, 0.1) is 5.92 Å². The molecule has 4 nitrogen and oxygen atoms in total. The predicted molar refractivity (Wildman–Crippen MR) is 98.8 cm³/mol. The van der Waals surface area contributed by atoms with E-state index >= 15 is 0 Å². The van der Waals surface area contributed by atoms with Gasteiger partial charge in [-0.25, -0.2) is 0 Å². The van der Waals surface area contributed by atoms with E-state index in [2.05, 4.69) is 41.0 Å². The van der Waals surface area contributed by atoms with Crippen molar-refractivity contribution >= 4 is 5.69 Å². The van der Waals surface area contributed by atoms with E-state index in [1.165, 1.54) is 31.5 Å². The quantitative estimate of drug-likeness (QED) is 0.742. The van der Waals surface area contributed by atoms with Crippen molar-refractivity contribution in [1.29, 1.82) is 0 Å². The molecule has 2 atom stereocenters. The Balaban J connectivity index is 1.38. The summed E-state index contributed by atoms with van der Waals surface area (Å²) < 4.78 is 5.90. The Morgan fingerprint density at radius 2 is 2.00 bits per heavy atom. The molecule has 0 spiro atoms. The van der Waals surface area contributed by atoms with E-state index in [1.54, 1.807) is 0 Å². The maximum absolute atomic E-state index is 9.07. The zero-order valence-corrected chi connectivity index (χ0v) is 15.0. The molecule has 1 aromatic carbocycles. The highest BCUT2D eigenvalue weighted by molar-refractivity contribution is 5.49. The van der Waals surface area contributed by atoms with Gasteiger partial charge in [-0.05, 0) is 75.8 Å². The van der Waals surface area contributed by atoms with Gasteiger partial charge in [-0.15, -0.1) is 0 Å². The summed E-state index contributed by atoms with van der Waals surface area (Å²) in [7, 11) is 0. The van der Waals surface area contributed by atoms with Crippen molar-refractivity contribution in [2.24, 2.45) is 5.92 Å². The maximum Gasteiger partial charge on any atom is 0.119 e. The standard InChI is InChI=1S/C20H32N2O2/c1-17-4-2-11-21(17)12-3-15-24-20-7-5-19(6-8-20)22-13-9-18(16-22)10-14-23/h5-8,17-18,23H,2-4,9-16H2,1H3. The Labute approximate surface area is 146 Å². The van der Waals surface area contributed by atoms with Crippen LogP contribution in [0.15, 0.2) is 24.3 Å². The van der Waals surface area contributed by atoms with Crippen LogP contribution in [-0.2, 0) is 0 Å². The van der Waals surface area contributed by atoms with Crippen LogP contribution in [0.4, 0.5) is 5.69 Å². The van der Waals surface area contributed by atoms with Crippen LogP contribution >= 0.6 is 0 Å². The predicted octanol–water partition coefficient (Wildman–Crippen LogP) is 3.15. The summed E-state index contributed by atoms with van der Waals surface area (Å²) in [4.78, 5) is 4.99. The second-order valence-electron chi connectivity index (χ2n) is 7.34. The second kappa shape index (κ2) is 8.72. The fraction of sp³-hybridized carbons (Fsp3) is 0.700. The van der Waals surface area contributed by atoms with Crippen molar-refractivity contribution in [2.75, 3.05) is 44.3 Å². The first-order valence-electron chi connectivity index (χ1n) is 9.59. The molecule has 0 aromatic heterocycles. The van der Waals surface area contributed by atoms with Crippen LogP contribution in [0.25, 0.3) is 0 Å². The van der Waals surface area contributed by atoms with Gasteiger partial charge in [0, 0.05) is 38.0 Å². The minimum atomic E-state index is 0.307. The normalized spacial score (nSPS) is 24.7. The van der Waals surface area contributed by atoms with E-state index < -0.39 is 0 Å². The maximum atomic E-state index is 9.07. The lowest BCUT2D eigenvalue weighted by Crippen LogP contribution is -2.28. The van der Waals surface area contributed by atoms with Crippen LogP contribution in [0.2, 0.25) is 0 Å². The van der Waals surface area contributed by atoms with Crippen LogP contribution in [-0.4, -0.2) is 55.4 Å². The van der Waals surface area contributed by atoms with E-state index in [1.807, 2.05) is 0 Å². The second-order valence-corrected chi connectivity index (χ2v) is 7.34. The van der Waals surface area contributed by atoms with Gasteiger partial charge >= 0.3 is 0 Å². The molecule has 24 heavy (non-hydrogen) atoms. The summed E-state index contributed by atoms with van der Waals surface area (Å²) in [5.41, 5.74) is 1.27. The first-order chi connectivity index (χ1) is 11.8. The Morgan fingerprint density at radius 3 is 2.71 bits per heavy atom. The molecule has 0 amide bonds. The molecule has 2 saturated heterocycles. The SMILES string of the molecule is CC1CCCN1CCCOc1ccc(N2CCC(CCO)C2)cc1. The first kappa shape index (κ1) is 17.6. The van der Waals surface area contributed by atoms with Crippen LogP contribution in [0.5, 0.6) is 5.75 Å². The summed E-state index contributed by atoms with van der Waals surface area (Å²) in [5, 5.41) is 9.07. The number of hydrogen-bond acceptors (Lipinski definition) is 4. The zero-order valence-electron chi connectivity index (χ0n) is 15.0. The van der Waals surface area contributed by atoms with Crippen LogP contribution in [0.3, 0.4) is 0 Å². The number of ether oxygens (including phenoxy) is 1. The summed E-state index contributed by atoms with van der Waals surface area (Å²) in [5.74, 6) is 1.61. The molecule has 134 valence electrons. The van der Waals surface area contributed by atoms with E-state index in [0.717, 1.165) is 50.9 Å². The highest BCUT2D eigenvalue weighted by Gasteiger charge is 2.22. The van der Waals surface area contributed by atoms with Gasteiger partial charge in [0.15, 0.2) is 0 Å². The molecule has 1 N–H and O–H groups in total. The Kier molecular flexibility index (Phi) is 6.38. The van der Waals surface area contributed by atoms with Crippen molar-refractivity contribution in [3.8, 4) is 5.75 Å². The molecule has 0 aliphatic carbocycles. The molecule has 2 unspecified atom stereocenters. The third kappa shape index (κ3) is 4.64. The van der Waals surface area contributed by atoms with E-state index in [0.29, 0.717) is 12.5 Å². The Hall–Kier alpha value is -1.26. The topological polar surface area (TPSA) is 35.9 Å². The molecule has 2 heterocycles. The Bertz CT molecular complexity index is 491. The lowest BCUT2D eigenvalue weighted by atomic mass is 10.1. The number of rotatable bonds is 8. The van der Waals surface area contributed by atoms with Gasteiger partial charge in [-0.2, -0.15) is 0 Å². The average molecular weight is 332 g/mol. The fourth-order valence-electron chi connectivity index (χ4n) is 4.02. The molecule has 4 heteroatoms. The van der Waals surface area contributed by atoms with Gasteiger partial charge in [-0.1, -0.05) is 0 Å². The summed E-state index contributed by atoms with van der Waals surface area (Å²) in [6, 6.07) is 9.26. The van der Waals surface area contributed by atoms with Gasteiger partial charge in [0.1, 0.15) is 5.75 Å². The summed E-state index contributed by atoms with van der Waals surface area (Å²) in [6.45, 7) is 8.00. The first-order valence-corrected chi connectivity index (χ1v) is 9.59. The van der Waals surface area contributed by atoms with Gasteiger partial charge in [0.2, 0.25) is 0 Å². The van der Waals surface area contributed by atoms with Crippen LogP contribution < -0.4 is 9.64 Å². The Morgan fingerprint density at radius 1 is 1.17 bits per heavy atom. The highest BCUT2D eigenvalue weighted by Crippen LogP contribution is 2.27. The van der Waals surface area contributed by atoms with E-state index in [-0.39, 0.29) is 0 Å². The number of aliphatic hydroxyl groups excluding tert-OH is 1. The van der Waals surface area contributed by atoms with Crippen LogP contribution in [0.1, 0.15) is 39.0 Å². The molecule has 0 radical (unpaired) electrons. The van der Waals surface area contributed by atoms with Crippen molar-refractivity contribution in [2.45, 2.75) is 45.1 Å². The minimum absolute atomic E-state index is 0.307. The number of hydrogen-bond donors (Lipinski definition) is 1. The molecule has 0 bridgehead atoms. The average Bonchev–Trinajstić information content (AvgIpc) is 3.22. The van der Waals surface area contributed by atoms with Gasteiger partial charge in [0.05, 0.1) is 6.61 Å². The highest BCUT2D eigenvalue weighted by atomic mass is 16.5. The molecule has 0 saturated carbocycles. The minimum Gasteiger partial charge on any atom is -0.494 e. The molecule has 2 aliphatic heterocycles. The molecular formula is C20H32N2O2. The summed E-state index contributed by atoms with van der Waals surface area (Å²) >= 11 is 0. The third-order valence-corrected chi connectivity index (χ3v) is 5.57. The fourth-order valence-corrected chi connectivity index (χ4v) is 4.02. The molecule has 1 aromatic rings. The number of nitrogens with zero attached hydrogens (tertiary/aromatic N) is 2. The zero-order chi connectivity index (χ0) is 16.8. The summed E-state index contributed by atoms with van der Waals surface area (Å²) in [6.07, 6.45) is 5.90. The van der Waals surface area contributed by atoms with Gasteiger partial charge in [0.25, 0.3) is 0 Å². The number of aliphatic hydroxyl groups is 1. The number of benzene rings is 1. The van der Waals surface area contributed by atoms with Gasteiger partial charge < -0.3 is 19.6 Å². The molecule has 3 rings (SSSR count). The number of likely N-dealkylation sites (tertiary alicyclic amines) is 1. The van der Waals surface area contributed by atoms with Crippen molar-refractivity contribution in [3.63, 3.8) is 0 Å². The molecule has 2 aliphatic rings. The number of anilines is 1. The lowest BCUT2D eigenvalue weighted by Gasteiger charge is -2.21. The molecular weight excluding hydrogens is 300 g/mol. The lowest BCUT2D eigenvalue weighted by molar-refractivity contribution is 0.230.